The zero-order valence-electron chi connectivity index (χ0n) is 12.0. The van der Waals surface area contributed by atoms with E-state index < -0.39 is 0 Å². The molecule has 1 rings (SSSR count). The number of amides is 1. The van der Waals surface area contributed by atoms with Crippen molar-refractivity contribution in [1.82, 2.24) is 10.6 Å². The molecule has 19 heavy (non-hydrogen) atoms. The van der Waals surface area contributed by atoms with E-state index in [1.807, 2.05) is 33.8 Å². The van der Waals surface area contributed by atoms with Gasteiger partial charge in [0.2, 0.25) is 5.91 Å². The third-order valence-electron chi connectivity index (χ3n) is 3.24. The Morgan fingerprint density at radius 2 is 2.00 bits per heavy atom. The largest absolute Gasteiger partial charge is 0.352 e. The molecule has 0 heterocycles. The molecule has 0 saturated carbocycles. The lowest BCUT2D eigenvalue weighted by Crippen LogP contribution is -2.46. The first kappa shape index (κ1) is 15.6. The fourth-order valence-electron chi connectivity index (χ4n) is 1.79. The van der Waals surface area contributed by atoms with Crippen LogP contribution in [0.2, 0.25) is 0 Å². The van der Waals surface area contributed by atoms with Crippen LogP contribution in [-0.4, -0.2) is 18.0 Å². The number of nitrogens with one attached hydrogen (secondary N) is 2. The molecule has 0 bridgehead atoms. The molecule has 2 N–H and O–H groups in total. The zero-order chi connectivity index (χ0) is 14.4. The standard InChI is InChI=1S/C15H23FN2O/c1-5-10(2)17-15(19)12(4)18-11(3)13-7-6-8-14(16)9-13/h6-12,18H,5H2,1-4H3,(H,17,19)/t10?,11-,12?/m0/s1. The lowest BCUT2D eigenvalue weighted by Gasteiger charge is -2.21. The molecule has 0 aliphatic heterocycles. The minimum Gasteiger partial charge on any atom is -0.352 e. The number of benzene rings is 1. The summed E-state index contributed by atoms with van der Waals surface area (Å²) in [5.74, 6) is -0.291. The molecule has 0 aliphatic carbocycles. The molecule has 0 fully saturated rings. The summed E-state index contributed by atoms with van der Waals surface area (Å²) in [7, 11) is 0. The first-order valence-corrected chi connectivity index (χ1v) is 6.76. The van der Waals surface area contributed by atoms with Crippen LogP contribution in [0.5, 0.6) is 0 Å². The molecule has 3 nitrogen and oxygen atoms in total. The van der Waals surface area contributed by atoms with Gasteiger partial charge >= 0.3 is 0 Å². The van der Waals surface area contributed by atoms with E-state index in [0.717, 1.165) is 12.0 Å². The average molecular weight is 266 g/mol. The van der Waals surface area contributed by atoms with Crippen molar-refractivity contribution in [3.05, 3.63) is 35.6 Å². The number of carbonyl (C=O) groups is 1. The van der Waals surface area contributed by atoms with E-state index in [9.17, 15) is 9.18 Å². The Balaban J connectivity index is 2.56. The third kappa shape index (κ3) is 4.99. The van der Waals surface area contributed by atoms with Crippen LogP contribution in [0.25, 0.3) is 0 Å². The smallest absolute Gasteiger partial charge is 0.237 e. The first-order chi connectivity index (χ1) is 8.93. The Labute approximate surface area is 114 Å². The summed E-state index contributed by atoms with van der Waals surface area (Å²) in [5, 5.41) is 6.10. The quantitative estimate of drug-likeness (QED) is 0.831. The van der Waals surface area contributed by atoms with Crippen molar-refractivity contribution in [3.8, 4) is 0 Å². The first-order valence-electron chi connectivity index (χ1n) is 6.76. The summed E-state index contributed by atoms with van der Waals surface area (Å²) >= 11 is 0. The second-order valence-corrected chi connectivity index (χ2v) is 4.98. The summed E-state index contributed by atoms with van der Waals surface area (Å²) in [6, 6.07) is 6.20. The van der Waals surface area contributed by atoms with Crippen LogP contribution < -0.4 is 10.6 Å². The van der Waals surface area contributed by atoms with Crippen LogP contribution in [0.3, 0.4) is 0 Å². The Hall–Kier alpha value is -1.42. The third-order valence-corrected chi connectivity index (χ3v) is 3.24. The maximum Gasteiger partial charge on any atom is 0.237 e. The molecule has 4 heteroatoms. The monoisotopic (exact) mass is 266 g/mol. The van der Waals surface area contributed by atoms with Crippen molar-refractivity contribution in [2.45, 2.75) is 52.2 Å². The Morgan fingerprint density at radius 3 is 2.58 bits per heavy atom. The Kier molecular flexibility index (Phi) is 5.96. The predicted octanol–water partition coefficient (Wildman–Crippen LogP) is 2.78. The van der Waals surface area contributed by atoms with Gasteiger partial charge in [0.1, 0.15) is 5.82 Å². The number of carbonyl (C=O) groups excluding carboxylic acids is 1. The van der Waals surface area contributed by atoms with E-state index in [4.69, 9.17) is 0 Å². The van der Waals surface area contributed by atoms with Gasteiger partial charge in [-0.3, -0.25) is 10.1 Å². The molecule has 2 unspecified atom stereocenters. The van der Waals surface area contributed by atoms with E-state index in [1.165, 1.54) is 12.1 Å². The van der Waals surface area contributed by atoms with Gasteiger partial charge in [0.15, 0.2) is 0 Å². The van der Waals surface area contributed by atoms with Gasteiger partial charge < -0.3 is 5.32 Å². The number of hydrogen-bond donors (Lipinski definition) is 2. The van der Waals surface area contributed by atoms with Crippen molar-refractivity contribution in [3.63, 3.8) is 0 Å². The highest BCUT2D eigenvalue weighted by molar-refractivity contribution is 5.81. The fourth-order valence-corrected chi connectivity index (χ4v) is 1.79. The number of halogens is 1. The van der Waals surface area contributed by atoms with Gasteiger partial charge in [-0.05, 0) is 44.9 Å². The summed E-state index contributed by atoms with van der Waals surface area (Å²) < 4.78 is 13.1. The van der Waals surface area contributed by atoms with Crippen LogP contribution in [0, 0.1) is 5.82 Å². The van der Waals surface area contributed by atoms with Crippen molar-refractivity contribution >= 4 is 5.91 Å². The minimum absolute atomic E-state index is 0.0300. The fraction of sp³-hybridized carbons (Fsp3) is 0.533. The van der Waals surface area contributed by atoms with Gasteiger partial charge in [0, 0.05) is 12.1 Å². The molecule has 0 saturated heterocycles. The molecule has 0 spiro atoms. The topological polar surface area (TPSA) is 41.1 Å². The molecule has 1 aromatic rings. The summed E-state index contributed by atoms with van der Waals surface area (Å²) in [6.07, 6.45) is 0.901. The van der Waals surface area contributed by atoms with Gasteiger partial charge in [-0.2, -0.15) is 0 Å². The molecular formula is C15H23FN2O. The van der Waals surface area contributed by atoms with Crippen molar-refractivity contribution in [2.24, 2.45) is 0 Å². The highest BCUT2D eigenvalue weighted by atomic mass is 19.1. The highest BCUT2D eigenvalue weighted by Crippen LogP contribution is 2.14. The maximum atomic E-state index is 13.1. The summed E-state index contributed by atoms with van der Waals surface area (Å²) in [4.78, 5) is 11.9. The van der Waals surface area contributed by atoms with Gasteiger partial charge in [-0.25, -0.2) is 4.39 Å². The number of rotatable bonds is 6. The van der Waals surface area contributed by atoms with Crippen molar-refractivity contribution in [1.29, 1.82) is 0 Å². The molecule has 0 radical (unpaired) electrons. The highest BCUT2D eigenvalue weighted by Gasteiger charge is 2.17. The van der Waals surface area contributed by atoms with E-state index in [1.54, 1.807) is 6.07 Å². The molecular weight excluding hydrogens is 243 g/mol. The Morgan fingerprint density at radius 1 is 1.32 bits per heavy atom. The van der Waals surface area contributed by atoms with E-state index >= 15 is 0 Å². The van der Waals surface area contributed by atoms with Crippen LogP contribution in [-0.2, 0) is 4.79 Å². The second-order valence-electron chi connectivity index (χ2n) is 4.98. The molecule has 106 valence electrons. The van der Waals surface area contributed by atoms with Gasteiger partial charge in [0.05, 0.1) is 6.04 Å². The van der Waals surface area contributed by atoms with Crippen molar-refractivity contribution < 1.29 is 9.18 Å². The maximum absolute atomic E-state index is 13.1. The summed E-state index contributed by atoms with van der Waals surface area (Å²) in [5.41, 5.74) is 0.836. The van der Waals surface area contributed by atoms with E-state index in [-0.39, 0.29) is 29.8 Å². The lowest BCUT2D eigenvalue weighted by molar-refractivity contribution is -0.123. The molecule has 1 amide bonds. The van der Waals surface area contributed by atoms with E-state index in [0.29, 0.717) is 0 Å². The molecule has 3 atom stereocenters. The zero-order valence-corrected chi connectivity index (χ0v) is 12.0. The van der Waals surface area contributed by atoms with Gasteiger partial charge in [-0.1, -0.05) is 19.1 Å². The second kappa shape index (κ2) is 7.24. The molecule has 0 aromatic heterocycles. The van der Waals surface area contributed by atoms with Gasteiger partial charge in [0.25, 0.3) is 0 Å². The lowest BCUT2D eigenvalue weighted by atomic mass is 10.1. The van der Waals surface area contributed by atoms with Crippen LogP contribution in [0.1, 0.15) is 45.7 Å². The Bertz CT molecular complexity index is 422. The predicted molar refractivity (Wildman–Crippen MR) is 75.3 cm³/mol. The van der Waals surface area contributed by atoms with Crippen LogP contribution >= 0.6 is 0 Å². The SMILES string of the molecule is CCC(C)NC(=O)C(C)N[C@@H](C)c1cccc(F)c1. The van der Waals surface area contributed by atoms with Crippen LogP contribution in [0.4, 0.5) is 4.39 Å². The van der Waals surface area contributed by atoms with E-state index in [2.05, 4.69) is 10.6 Å². The summed E-state index contributed by atoms with van der Waals surface area (Å²) in [6.45, 7) is 7.73. The van der Waals surface area contributed by atoms with Gasteiger partial charge in [-0.15, -0.1) is 0 Å². The minimum atomic E-state index is -0.313. The molecule has 0 aliphatic rings. The van der Waals surface area contributed by atoms with Crippen LogP contribution in [0.15, 0.2) is 24.3 Å². The number of hydrogen-bond acceptors (Lipinski definition) is 2. The molecule has 1 aromatic carbocycles. The average Bonchev–Trinajstić information content (AvgIpc) is 2.38. The normalized spacial score (nSPS) is 15.6. The van der Waals surface area contributed by atoms with Crippen molar-refractivity contribution in [2.75, 3.05) is 0 Å².